The van der Waals surface area contributed by atoms with Crippen molar-refractivity contribution in [2.24, 2.45) is 11.7 Å². The Morgan fingerprint density at radius 1 is 1.19 bits per heavy atom. The van der Waals surface area contributed by atoms with Gasteiger partial charge >= 0.3 is 0 Å². The zero-order chi connectivity index (χ0) is 15.4. The van der Waals surface area contributed by atoms with Gasteiger partial charge in [0.2, 0.25) is 5.91 Å². The minimum absolute atomic E-state index is 0.222. The number of nitrogens with one attached hydrogen (secondary N) is 1. The number of hydrogen-bond donors (Lipinski definition) is 2. The van der Waals surface area contributed by atoms with Gasteiger partial charge in [-0.15, -0.1) is 0 Å². The van der Waals surface area contributed by atoms with E-state index >= 15 is 0 Å². The van der Waals surface area contributed by atoms with E-state index in [9.17, 15) is 9.18 Å². The number of hydrogen-bond acceptors (Lipinski definition) is 2. The summed E-state index contributed by atoms with van der Waals surface area (Å²) in [6.45, 7) is 3.58. The van der Waals surface area contributed by atoms with Crippen molar-refractivity contribution in [3.8, 4) is 0 Å². The molecule has 0 aliphatic rings. The number of amides is 1. The van der Waals surface area contributed by atoms with Gasteiger partial charge in [-0.2, -0.15) is 0 Å². The zero-order valence-corrected chi connectivity index (χ0v) is 12.1. The van der Waals surface area contributed by atoms with Gasteiger partial charge in [0, 0.05) is 11.7 Å². The van der Waals surface area contributed by atoms with Gasteiger partial charge in [-0.1, -0.05) is 43.3 Å². The summed E-state index contributed by atoms with van der Waals surface area (Å²) in [5, 5.41) is 2.74. The van der Waals surface area contributed by atoms with Gasteiger partial charge in [0.1, 0.15) is 5.82 Å². The molecule has 0 aliphatic heterocycles. The predicted molar refractivity (Wildman–Crippen MR) is 82.3 cm³/mol. The molecule has 0 aromatic heterocycles. The molecule has 2 aromatic carbocycles. The van der Waals surface area contributed by atoms with Crippen LogP contribution in [0.1, 0.15) is 24.1 Å². The van der Waals surface area contributed by atoms with Crippen molar-refractivity contribution < 1.29 is 9.18 Å². The Kier molecular flexibility index (Phi) is 4.70. The SMILES string of the molecule is Cc1ccc(F)cc1NC(=O)C(C)C(N)c1ccccc1. The highest BCUT2D eigenvalue weighted by Gasteiger charge is 2.22. The number of carbonyl (C=O) groups excluding carboxylic acids is 1. The van der Waals surface area contributed by atoms with Gasteiger partial charge in [-0.25, -0.2) is 4.39 Å². The number of carbonyl (C=O) groups is 1. The lowest BCUT2D eigenvalue weighted by Gasteiger charge is -2.20. The van der Waals surface area contributed by atoms with E-state index in [1.807, 2.05) is 37.3 Å². The monoisotopic (exact) mass is 286 g/mol. The Morgan fingerprint density at radius 2 is 1.86 bits per heavy atom. The molecule has 0 saturated carbocycles. The van der Waals surface area contributed by atoms with Crippen LogP contribution in [-0.2, 0) is 4.79 Å². The first-order valence-corrected chi connectivity index (χ1v) is 6.86. The van der Waals surface area contributed by atoms with Crippen LogP contribution >= 0.6 is 0 Å². The maximum atomic E-state index is 13.2. The maximum absolute atomic E-state index is 13.2. The van der Waals surface area contributed by atoms with Gasteiger partial charge in [-0.05, 0) is 30.2 Å². The summed E-state index contributed by atoms with van der Waals surface area (Å²) in [7, 11) is 0. The Bertz CT molecular complexity index is 628. The van der Waals surface area contributed by atoms with E-state index in [-0.39, 0.29) is 11.7 Å². The largest absolute Gasteiger partial charge is 0.325 e. The second kappa shape index (κ2) is 6.50. The lowest BCUT2D eigenvalue weighted by atomic mass is 9.94. The fourth-order valence-electron chi connectivity index (χ4n) is 2.10. The maximum Gasteiger partial charge on any atom is 0.229 e. The van der Waals surface area contributed by atoms with Crippen molar-refractivity contribution in [1.29, 1.82) is 0 Å². The number of nitrogens with two attached hydrogens (primary N) is 1. The predicted octanol–water partition coefficient (Wildman–Crippen LogP) is 3.41. The van der Waals surface area contributed by atoms with E-state index in [0.29, 0.717) is 5.69 Å². The van der Waals surface area contributed by atoms with Gasteiger partial charge in [0.15, 0.2) is 0 Å². The molecule has 0 bridgehead atoms. The van der Waals surface area contributed by atoms with Crippen LogP contribution in [0.5, 0.6) is 0 Å². The molecule has 4 heteroatoms. The highest BCUT2D eigenvalue weighted by Crippen LogP contribution is 2.22. The van der Waals surface area contributed by atoms with Gasteiger partial charge in [0.05, 0.1) is 5.92 Å². The summed E-state index contributed by atoms with van der Waals surface area (Å²) in [6, 6.07) is 13.4. The van der Waals surface area contributed by atoms with Crippen molar-refractivity contribution >= 4 is 11.6 Å². The molecule has 21 heavy (non-hydrogen) atoms. The summed E-state index contributed by atoms with van der Waals surface area (Å²) in [5.74, 6) is -1.02. The molecule has 110 valence electrons. The van der Waals surface area contributed by atoms with Crippen LogP contribution in [0.3, 0.4) is 0 Å². The van der Waals surface area contributed by atoms with Crippen molar-refractivity contribution in [2.75, 3.05) is 5.32 Å². The summed E-state index contributed by atoms with van der Waals surface area (Å²) < 4.78 is 13.2. The first kappa shape index (κ1) is 15.2. The summed E-state index contributed by atoms with van der Waals surface area (Å²) in [6.07, 6.45) is 0. The van der Waals surface area contributed by atoms with E-state index in [1.165, 1.54) is 12.1 Å². The van der Waals surface area contributed by atoms with Crippen LogP contribution in [0.2, 0.25) is 0 Å². The molecule has 0 heterocycles. The minimum atomic E-state index is -0.421. The number of anilines is 1. The normalized spacial score (nSPS) is 13.5. The highest BCUT2D eigenvalue weighted by atomic mass is 19.1. The van der Waals surface area contributed by atoms with E-state index < -0.39 is 12.0 Å². The Morgan fingerprint density at radius 3 is 2.52 bits per heavy atom. The molecule has 3 N–H and O–H groups in total. The van der Waals surface area contributed by atoms with Crippen molar-refractivity contribution in [2.45, 2.75) is 19.9 Å². The third kappa shape index (κ3) is 3.67. The molecule has 0 fully saturated rings. The number of halogens is 1. The Balaban J connectivity index is 2.11. The Hall–Kier alpha value is -2.20. The molecule has 3 nitrogen and oxygen atoms in total. The number of rotatable bonds is 4. The Labute approximate surface area is 124 Å². The van der Waals surface area contributed by atoms with Crippen LogP contribution in [0, 0.1) is 18.7 Å². The van der Waals surface area contributed by atoms with E-state index in [0.717, 1.165) is 11.1 Å². The number of aryl methyl sites for hydroxylation is 1. The van der Waals surface area contributed by atoms with E-state index in [4.69, 9.17) is 5.73 Å². The smallest absolute Gasteiger partial charge is 0.229 e. The fourth-order valence-corrected chi connectivity index (χ4v) is 2.10. The molecular weight excluding hydrogens is 267 g/mol. The average molecular weight is 286 g/mol. The highest BCUT2D eigenvalue weighted by molar-refractivity contribution is 5.93. The standard InChI is InChI=1S/C17H19FN2O/c1-11-8-9-14(18)10-15(11)20-17(21)12(2)16(19)13-6-4-3-5-7-13/h3-10,12,16H,19H2,1-2H3,(H,20,21). The second-order valence-corrected chi connectivity index (χ2v) is 5.17. The molecule has 2 unspecified atom stereocenters. The summed E-state index contributed by atoms with van der Waals surface area (Å²) >= 11 is 0. The van der Waals surface area contributed by atoms with Crippen LogP contribution in [0.4, 0.5) is 10.1 Å². The second-order valence-electron chi connectivity index (χ2n) is 5.17. The fraction of sp³-hybridized carbons (Fsp3) is 0.235. The molecule has 0 radical (unpaired) electrons. The molecule has 0 aliphatic carbocycles. The summed E-state index contributed by atoms with van der Waals surface area (Å²) in [4.78, 5) is 12.3. The molecule has 0 spiro atoms. The van der Waals surface area contributed by atoms with E-state index in [2.05, 4.69) is 5.32 Å². The third-order valence-electron chi connectivity index (χ3n) is 3.59. The van der Waals surface area contributed by atoms with Crippen molar-refractivity contribution in [1.82, 2.24) is 0 Å². The first-order valence-electron chi connectivity index (χ1n) is 6.86. The van der Waals surface area contributed by atoms with Crippen LogP contribution in [0.25, 0.3) is 0 Å². The first-order chi connectivity index (χ1) is 9.99. The number of benzene rings is 2. The van der Waals surface area contributed by atoms with Crippen LogP contribution in [0.15, 0.2) is 48.5 Å². The van der Waals surface area contributed by atoms with E-state index in [1.54, 1.807) is 13.0 Å². The summed E-state index contributed by atoms with van der Waals surface area (Å²) in [5.41, 5.74) is 8.31. The molecule has 2 rings (SSSR count). The molecule has 1 amide bonds. The lowest BCUT2D eigenvalue weighted by molar-refractivity contribution is -0.120. The molecule has 0 saturated heterocycles. The van der Waals surface area contributed by atoms with Gasteiger partial charge in [-0.3, -0.25) is 4.79 Å². The van der Waals surface area contributed by atoms with Crippen molar-refractivity contribution in [3.63, 3.8) is 0 Å². The zero-order valence-electron chi connectivity index (χ0n) is 12.1. The van der Waals surface area contributed by atoms with Gasteiger partial charge in [0.25, 0.3) is 0 Å². The van der Waals surface area contributed by atoms with Gasteiger partial charge < -0.3 is 11.1 Å². The average Bonchev–Trinajstić information content (AvgIpc) is 2.50. The quantitative estimate of drug-likeness (QED) is 0.905. The van der Waals surface area contributed by atoms with Crippen LogP contribution in [-0.4, -0.2) is 5.91 Å². The lowest BCUT2D eigenvalue weighted by Crippen LogP contribution is -2.30. The van der Waals surface area contributed by atoms with Crippen LogP contribution < -0.4 is 11.1 Å². The minimum Gasteiger partial charge on any atom is -0.325 e. The van der Waals surface area contributed by atoms with Crippen molar-refractivity contribution in [3.05, 3.63) is 65.5 Å². The topological polar surface area (TPSA) is 55.1 Å². The molecule has 2 aromatic rings. The molecule has 2 atom stereocenters. The third-order valence-corrected chi connectivity index (χ3v) is 3.59. The molecular formula is C17H19FN2O.